The summed E-state index contributed by atoms with van der Waals surface area (Å²) in [4.78, 5) is 25.1. The molecule has 166 valence electrons. The number of hydrogen-bond donors (Lipinski definition) is 4. The number of carbonyl (C=O) groups is 1. The quantitative estimate of drug-likeness (QED) is 0.339. The summed E-state index contributed by atoms with van der Waals surface area (Å²) in [7, 11) is 0. The van der Waals surface area contributed by atoms with Crippen LogP contribution in [0.3, 0.4) is 0 Å². The summed E-state index contributed by atoms with van der Waals surface area (Å²) in [5.74, 6) is 1.45. The third-order valence-electron chi connectivity index (χ3n) is 5.29. The van der Waals surface area contributed by atoms with Gasteiger partial charge in [0.15, 0.2) is 5.82 Å². The van der Waals surface area contributed by atoms with Gasteiger partial charge in [-0.15, -0.1) is 0 Å². The maximum absolute atomic E-state index is 11.8. The molecular weight excluding hydrogens is 422 g/mol. The van der Waals surface area contributed by atoms with E-state index in [2.05, 4.69) is 36.1 Å². The predicted octanol–water partition coefficient (Wildman–Crippen LogP) is 2.97. The van der Waals surface area contributed by atoms with Crippen LogP contribution in [0.1, 0.15) is 33.4 Å². The van der Waals surface area contributed by atoms with Crippen molar-refractivity contribution in [2.45, 2.75) is 19.5 Å². The highest BCUT2D eigenvalue weighted by Gasteiger charge is 2.21. The van der Waals surface area contributed by atoms with Gasteiger partial charge in [0.05, 0.1) is 12.6 Å². The van der Waals surface area contributed by atoms with E-state index in [-0.39, 0.29) is 18.4 Å². The Labute approximate surface area is 189 Å². The van der Waals surface area contributed by atoms with Crippen LogP contribution in [-0.4, -0.2) is 37.7 Å². The number of nitrogens with one attached hydrogen (secondary N) is 3. The first-order valence-corrected chi connectivity index (χ1v) is 10.4. The number of nitrogens with zero attached hydrogens (tertiary/aromatic N) is 4. The molecule has 1 amide bonds. The van der Waals surface area contributed by atoms with Crippen LogP contribution in [0.4, 0.5) is 17.5 Å². The largest absolute Gasteiger partial charge is 0.394 e. The van der Waals surface area contributed by atoms with Crippen LogP contribution in [0.2, 0.25) is 0 Å². The molecule has 3 heterocycles. The fraction of sp³-hybridized carbons (Fsp3) is 0.174. The Bertz CT molecular complexity index is 1310. The molecule has 2 aromatic carbocycles. The van der Waals surface area contributed by atoms with Gasteiger partial charge in [0, 0.05) is 24.0 Å². The number of amides is 1. The van der Waals surface area contributed by atoms with E-state index in [0.717, 1.165) is 16.8 Å². The first-order valence-electron chi connectivity index (χ1n) is 10.4. The average molecular weight is 443 g/mol. The highest BCUT2D eigenvalue weighted by molar-refractivity contribution is 5.98. The Hall–Kier alpha value is -4.31. The summed E-state index contributed by atoms with van der Waals surface area (Å²) in [6.07, 6.45) is 1.59. The number of aromatic nitrogens is 4. The van der Waals surface area contributed by atoms with Crippen molar-refractivity contribution in [1.29, 1.82) is 0 Å². The van der Waals surface area contributed by atoms with Crippen molar-refractivity contribution in [2.24, 2.45) is 0 Å². The highest BCUT2D eigenvalue weighted by Crippen LogP contribution is 2.30. The van der Waals surface area contributed by atoms with E-state index in [9.17, 15) is 9.90 Å². The van der Waals surface area contributed by atoms with E-state index < -0.39 is 6.04 Å². The van der Waals surface area contributed by atoms with Crippen molar-refractivity contribution in [3.63, 3.8) is 0 Å². The second-order valence-corrected chi connectivity index (χ2v) is 7.57. The molecule has 2 aromatic heterocycles. The molecule has 4 N–H and O–H groups in total. The number of fused-ring (bicyclic) bond motifs is 1. The third kappa shape index (κ3) is 4.23. The maximum Gasteiger partial charge on any atom is 0.263 e. The number of aliphatic hydroxyl groups is 1. The molecule has 0 bridgehead atoms. The van der Waals surface area contributed by atoms with Gasteiger partial charge in [0.25, 0.3) is 11.8 Å². The van der Waals surface area contributed by atoms with Gasteiger partial charge in [0.2, 0.25) is 5.95 Å². The molecule has 0 saturated carbocycles. The van der Waals surface area contributed by atoms with Crippen LogP contribution < -0.4 is 16.0 Å². The summed E-state index contributed by atoms with van der Waals surface area (Å²) in [6.45, 7) is 2.07. The molecule has 1 aliphatic heterocycles. The van der Waals surface area contributed by atoms with Gasteiger partial charge in [-0.1, -0.05) is 35.5 Å². The Morgan fingerprint density at radius 3 is 2.76 bits per heavy atom. The number of carbonyl (C=O) groups excluding carboxylic acids is 1. The first-order chi connectivity index (χ1) is 16.1. The van der Waals surface area contributed by atoms with Crippen LogP contribution in [0.5, 0.6) is 0 Å². The Morgan fingerprint density at radius 1 is 1.15 bits per heavy atom. The number of rotatable bonds is 7. The van der Waals surface area contributed by atoms with Crippen LogP contribution >= 0.6 is 0 Å². The van der Waals surface area contributed by atoms with Crippen molar-refractivity contribution in [2.75, 3.05) is 17.2 Å². The lowest BCUT2D eigenvalue weighted by Crippen LogP contribution is -2.17. The van der Waals surface area contributed by atoms with E-state index >= 15 is 0 Å². The fourth-order valence-electron chi connectivity index (χ4n) is 3.64. The monoisotopic (exact) mass is 443 g/mol. The Kier molecular flexibility index (Phi) is 5.41. The van der Waals surface area contributed by atoms with Gasteiger partial charge in [-0.2, -0.15) is 9.97 Å². The third-order valence-corrected chi connectivity index (χ3v) is 5.29. The Morgan fingerprint density at radius 2 is 2.00 bits per heavy atom. The number of aliphatic hydroxyl groups excluding tert-OH is 1. The van der Waals surface area contributed by atoms with E-state index in [0.29, 0.717) is 35.3 Å². The van der Waals surface area contributed by atoms with Gasteiger partial charge >= 0.3 is 0 Å². The highest BCUT2D eigenvalue weighted by atomic mass is 16.5. The first kappa shape index (κ1) is 20.6. The summed E-state index contributed by atoms with van der Waals surface area (Å²) < 4.78 is 5.33. The van der Waals surface area contributed by atoms with Crippen molar-refractivity contribution in [1.82, 2.24) is 25.4 Å². The summed E-state index contributed by atoms with van der Waals surface area (Å²) in [5, 5.41) is 23.1. The van der Waals surface area contributed by atoms with Crippen molar-refractivity contribution < 1.29 is 14.4 Å². The standard InChI is InChI=1S/C23H21N7O3/c1-13-26-22(33-30-13)18-11-25-23(27-16-7-8-17-15(9-16)10-24-21(17)32)29-20(18)28-19(12-31)14-5-3-2-4-6-14/h2-9,11,19,31H,10,12H2,1H3,(H,24,32)(H2,25,27,28,29)/t19-/m1/s1. The number of benzene rings is 2. The van der Waals surface area contributed by atoms with Crippen LogP contribution in [-0.2, 0) is 6.54 Å². The number of hydrogen-bond acceptors (Lipinski definition) is 9. The van der Waals surface area contributed by atoms with Gasteiger partial charge in [-0.05, 0) is 36.2 Å². The Balaban J connectivity index is 1.48. The number of aryl methyl sites for hydroxylation is 1. The molecule has 10 heteroatoms. The molecular formula is C23H21N7O3. The van der Waals surface area contributed by atoms with E-state index in [1.807, 2.05) is 36.4 Å². The topological polar surface area (TPSA) is 138 Å². The molecule has 0 saturated heterocycles. The SMILES string of the molecule is Cc1noc(-c2cnc(Nc3ccc4c(c3)CNC4=O)nc2N[C@H](CO)c2ccccc2)n1. The van der Waals surface area contributed by atoms with Crippen LogP contribution in [0.25, 0.3) is 11.5 Å². The molecule has 1 atom stereocenters. The molecule has 0 unspecified atom stereocenters. The molecule has 0 fully saturated rings. The molecule has 0 spiro atoms. The zero-order valence-corrected chi connectivity index (χ0v) is 17.7. The van der Waals surface area contributed by atoms with Crippen LogP contribution in [0.15, 0.2) is 59.3 Å². The molecule has 0 aliphatic carbocycles. The normalized spacial score (nSPS) is 13.3. The molecule has 5 rings (SSSR count). The number of anilines is 3. The van der Waals surface area contributed by atoms with Crippen LogP contribution in [0, 0.1) is 6.92 Å². The molecule has 10 nitrogen and oxygen atoms in total. The van der Waals surface area contributed by atoms with Gasteiger partial charge in [-0.3, -0.25) is 4.79 Å². The van der Waals surface area contributed by atoms with E-state index in [1.165, 1.54) is 0 Å². The van der Waals surface area contributed by atoms with Gasteiger partial charge < -0.3 is 25.6 Å². The zero-order valence-electron chi connectivity index (χ0n) is 17.7. The minimum Gasteiger partial charge on any atom is -0.394 e. The average Bonchev–Trinajstić information content (AvgIpc) is 3.43. The lowest BCUT2D eigenvalue weighted by Gasteiger charge is -2.19. The molecule has 1 aliphatic rings. The van der Waals surface area contributed by atoms with E-state index in [1.54, 1.807) is 25.3 Å². The lowest BCUT2D eigenvalue weighted by molar-refractivity contribution is 0.0965. The molecule has 4 aromatic rings. The van der Waals surface area contributed by atoms with E-state index in [4.69, 9.17) is 4.52 Å². The summed E-state index contributed by atoms with van der Waals surface area (Å²) >= 11 is 0. The molecule has 33 heavy (non-hydrogen) atoms. The summed E-state index contributed by atoms with van der Waals surface area (Å²) in [5.41, 5.74) is 3.74. The van der Waals surface area contributed by atoms with Gasteiger partial charge in [0.1, 0.15) is 11.4 Å². The zero-order chi connectivity index (χ0) is 22.8. The minimum atomic E-state index is -0.409. The summed E-state index contributed by atoms with van der Waals surface area (Å²) in [6, 6.07) is 14.6. The second-order valence-electron chi connectivity index (χ2n) is 7.57. The van der Waals surface area contributed by atoms with Crippen molar-refractivity contribution in [3.8, 4) is 11.5 Å². The molecule has 0 radical (unpaired) electrons. The lowest BCUT2D eigenvalue weighted by atomic mass is 10.1. The minimum absolute atomic E-state index is 0.0746. The van der Waals surface area contributed by atoms with Gasteiger partial charge in [-0.25, -0.2) is 4.98 Å². The smallest absolute Gasteiger partial charge is 0.263 e. The second kappa shape index (κ2) is 8.67. The van der Waals surface area contributed by atoms with Crippen molar-refractivity contribution in [3.05, 3.63) is 77.2 Å². The predicted molar refractivity (Wildman–Crippen MR) is 121 cm³/mol. The maximum atomic E-state index is 11.8. The fourth-order valence-corrected chi connectivity index (χ4v) is 3.64. The van der Waals surface area contributed by atoms with Crippen molar-refractivity contribution >= 4 is 23.4 Å².